The van der Waals surface area contributed by atoms with Crippen LogP contribution in [0.3, 0.4) is 0 Å². The van der Waals surface area contributed by atoms with E-state index < -0.39 is 0 Å². The molecule has 144 valence electrons. The number of pyridine rings is 2. The van der Waals surface area contributed by atoms with Crippen LogP contribution in [0.5, 0.6) is 0 Å². The molecule has 3 aromatic heterocycles. The fraction of sp³-hybridized carbons (Fsp3) is 0.333. The molecule has 1 atom stereocenters. The number of nitrogens with one attached hydrogen (secondary N) is 1. The molecule has 4 heterocycles. The third kappa shape index (κ3) is 4.26. The van der Waals surface area contributed by atoms with Crippen LogP contribution in [0.2, 0.25) is 0 Å². The molecule has 0 amide bonds. The molecule has 1 aliphatic heterocycles. The minimum Gasteiger partial charge on any atom is -0.368 e. The second kappa shape index (κ2) is 7.90. The van der Waals surface area contributed by atoms with Crippen molar-refractivity contribution >= 4 is 17.5 Å². The summed E-state index contributed by atoms with van der Waals surface area (Å²) in [5, 5.41) is 3.27. The average molecular weight is 376 g/mol. The van der Waals surface area contributed by atoms with Gasteiger partial charge in [0.15, 0.2) is 0 Å². The highest BCUT2D eigenvalue weighted by Gasteiger charge is 2.24. The van der Waals surface area contributed by atoms with Crippen LogP contribution in [0.4, 0.5) is 17.5 Å². The van der Waals surface area contributed by atoms with Gasteiger partial charge in [-0.2, -0.15) is 0 Å². The molecule has 1 aliphatic rings. The Kier molecular flexibility index (Phi) is 5.16. The van der Waals surface area contributed by atoms with Gasteiger partial charge in [0.25, 0.3) is 0 Å². The molecule has 0 radical (unpaired) electrons. The molecule has 1 fully saturated rings. The van der Waals surface area contributed by atoms with E-state index in [4.69, 9.17) is 9.72 Å². The molecular formula is C21H24N6O. The quantitative estimate of drug-likeness (QED) is 0.747. The van der Waals surface area contributed by atoms with Crippen molar-refractivity contribution in [2.45, 2.75) is 26.9 Å². The van der Waals surface area contributed by atoms with E-state index in [-0.39, 0.29) is 6.10 Å². The van der Waals surface area contributed by atoms with E-state index in [9.17, 15) is 0 Å². The summed E-state index contributed by atoms with van der Waals surface area (Å²) in [7, 11) is 0. The Labute approximate surface area is 164 Å². The molecule has 0 unspecified atom stereocenters. The lowest BCUT2D eigenvalue weighted by Crippen LogP contribution is -2.39. The molecule has 0 spiro atoms. The highest BCUT2D eigenvalue weighted by Crippen LogP contribution is 2.25. The van der Waals surface area contributed by atoms with Gasteiger partial charge < -0.3 is 15.0 Å². The number of hydrogen-bond donors (Lipinski definition) is 1. The van der Waals surface area contributed by atoms with Crippen molar-refractivity contribution in [1.29, 1.82) is 0 Å². The van der Waals surface area contributed by atoms with Gasteiger partial charge in [-0.3, -0.25) is 0 Å². The van der Waals surface area contributed by atoms with Crippen LogP contribution in [0.25, 0.3) is 0 Å². The number of anilines is 3. The Bertz CT molecular complexity index is 956. The first-order valence-corrected chi connectivity index (χ1v) is 9.43. The molecule has 4 rings (SSSR count). The molecule has 28 heavy (non-hydrogen) atoms. The molecule has 7 nitrogen and oxygen atoms in total. The maximum Gasteiger partial charge on any atom is 0.132 e. The van der Waals surface area contributed by atoms with Crippen LogP contribution < -0.4 is 10.2 Å². The molecular weight excluding hydrogens is 352 g/mol. The van der Waals surface area contributed by atoms with Gasteiger partial charge in [0.2, 0.25) is 0 Å². The fourth-order valence-corrected chi connectivity index (χ4v) is 3.34. The molecule has 7 heteroatoms. The van der Waals surface area contributed by atoms with Crippen molar-refractivity contribution in [3.05, 3.63) is 65.4 Å². The normalized spacial score (nSPS) is 16.8. The predicted octanol–water partition coefficient (Wildman–Crippen LogP) is 3.51. The first-order valence-electron chi connectivity index (χ1n) is 9.43. The molecule has 0 aromatic carbocycles. The van der Waals surface area contributed by atoms with Crippen molar-refractivity contribution in [2.24, 2.45) is 0 Å². The Morgan fingerprint density at radius 2 is 1.71 bits per heavy atom. The first-order chi connectivity index (χ1) is 13.6. The van der Waals surface area contributed by atoms with Gasteiger partial charge in [-0.25, -0.2) is 19.9 Å². The fourth-order valence-electron chi connectivity index (χ4n) is 3.34. The predicted molar refractivity (Wildman–Crippen MR) is 109 cm³/mol. The van der Waals surface area contributed by atoms with Crippen molar-refractivity contribution in [3.8, 4) is 0 Å². The minimum absolute atomic E-state index is 0.114. The van der Waals surface area contributed by atoms with Crippen molar-refractivity contribution in [1.82, 2.24) is 19.9 Å². The van der Waals surface area contributed by atoms with Gasteiger partial charge in [-0.05, 0) is 45.0 Å². The van der Waals surface area contributed by atoms with E-state index in [1.807, 2.05) is 63.2 Å². The van der Waals surface area contributed by atoms with E-state index in [0.29, 0.717) is 13.2 Å². The van der Waals surface area contributed by atoms with Gasteiger partial charge >= 0.3 is 0 Å². The summed E-state index contributed by atoms with van der Waals surface area (Å²) in [5.41, 5.74) is 2.83. The summed E-state index contributed by atoms with van der Waals surface area (Å²) in [6, 6.07) is 13.8. The van der Waals surface area contributed by atoms with E-state index in [2.05, 4.69) is 25.2 Å². The van der Waals surface area contributed by atoms with Crippen LogP contribution in [-0.2, 0) is 4.74 Å². The Balaban J connectivity index is 1.52. The van der Waals surface area contributed by atoms with Gasteiger partial charge in [0, 0.05) is 24.0 Å². The third-order valence-corrected chi connectivity index (χ3v) is 4.59. The summed E-state index contributed by atoms with van der Waals surface area (Å²) >= 11 is 0. The van der Waals surface area contributed by atoms with Gasteiger partial charge in [-0.1, -0.05) is 12.1 Å². The standard InChI is InChI=1S/C21H24N6O/c1-14-6-4-8-19(23-14)26-20-9-5-7-17(25-20)18-13-27(10-11-28-18)21-12-15(2)22-16(3)24-21/h4-9,12,18H,10-11,13H2,1-3H3,(H,23,25,26)/t18-/m0/s1. The monoisotopic (exact) mass is 376 g/mol. The van der Waals surface area contributed by atoms with E-state index >= 15 is 0 Å². The lowest BCUT2D eigenvalue weighted by atomic mass is 10.2. The van der Waals surface area contributed by atoms with Crippen LogP contribution in [0.1, 0.15) is 29.0 Å². The zero-order chi connectivity index (χ0) is 19.5. The number of aryl methyl sites for hydroxylation is 3. The Morgan fingerprint density at radius 1 is 0.929 bits per heavy atom. The largest absolute Gasteiger partial charge is 0.368 e. The SMILES string of the molecule is Cc1cccc(Nc2cccc([C@@H]3CN(c4cc(C)nc(C)n4)CCO3)n2)n1. The molecule has 1 N–H and O–H groups in total. The Hall–Kier alpha value is -3.06. The van der Waals surface area contributed by atoms with Crippen molar-refractivity contribution in [3.63, 3.8) is 0 Å². The second-order valence-electron chi connectivity index (χ2n) is 6.96. The molecule has 0 aliphatic carbocycles. The molecule has 0 bridgehead atoms. The van der Waals surface area contributed by atoms with Gasteiger partial charge in [-0.15, -0.1) is 0 Å². The smallest absolute Gasteiger partial charge is 0.132 e. The lowest BCUT2D eigenvalue weighted by Gasteiger charge is -2.33. The zero-order valence-corrected chi connectivity index (χ0v) is 16.4. The summed E-state index contributed by atoms with van der Waals surface area (Å²) < 4.78 is 6.01. The van der Waals surface area contributed by atoms with Crippen molar-refractivity contribution < 1.29 is 4.74 Å². The molecule has 3 aromatic rings. The number of morpholine rings is 1. The number of nitrogens with zero attached hydrogens (tertiary/aromatic N) is 5. The van der Waals surface area contributed by atoms with Crippen LogP contribution >= 0.6 is 0 Å². The van der Waals surface area contributed by atoms with Crippen LogP contribution in [-0.4, -0.2) is 39.6 Å². The summed E-state index contributed by atoms with van der Waals surface area (Å²) in [5.74, 6) is 3.26. The Morgan fingerprint density at radius 3 is 2.50 bits per heavy atom. The van der Waals surface area contributed by atoms with Crippen LogP contribution in [0, 0.1) is 20.8 Å². The summed E-state index contributed by atoms with van der Waals surface area (Å²) in [4.78, 5) is 20.4. The number of ether oxygens (including phenoxy) is 1. The summed E-state index contributed by atoms with van der Waals surface area (Å²) in [6.07, 6.45) is -0.114. The highest BCUT2D eigenvalue weighted by atomic mass is 16.5. The van der Waals surface area contributed by atoms with E-state index in [1.54, 1.807) is 0 Å². The van der Waals surface area contributed by atoms with E-state index in [0.717, 1.165) is 46.9 Å². The van der Waals surface area contributed by atoms with Gasteiger partial charge in [0.05, 0.1) is 18.8 Å². The minimum atomic E-state index is -0.114. The molecule has 1 saturated heterocycles. The topological polar surface area (TPSA) is 76.1 Å². The van der Waals surface area contributed by atoms with Crippen LogP contribution in [0.15, 0.2) is 42.5 Å². The van der Waals surface area contributed by atoms with Crippen molar-refractivity contribution in [2.75, 3.05) is 29.9 Å². The highest BCUT2D eigenvalue weighted by molar-refractivity contribution is 5.52. The second-order valence-corrected chi connectivity index (χ2v) is 6.96. The zero-order valence-electron chi connectivity index (χ0n) is 16.4. The number of hydrogen-bond acceptors (Lipinski definition) is 7. The lowest BCUT2D eigenvalue weighted by molar-refractivity contribution is 0.0368. The number of aromatic nitrogens is 4. The maximum atomic E-state index is 6.01. The third-order valence-electron chi connectivity index (χ3n) is 4.59. The summed E-state index contributed by atoms with van der Waals surface area (Å²) in [6.45, 7) is 8.02. The maximum absolute atomic E-state index is 6.01. The number of rotatable bonds is 4. The van der Waals surface area contributed by atoms with E-state index in [1.165, 1.54) is 0 Å². The van der Waals surface area contributed by atoms with Gasteiger partial charge in [0.1, 0.15) is 29.4 Å². The molecule has 0 saturated carbocycles. The first kappa shape index (κ1) is 18.3. The average Bonchev–Trinajstić information content (AvgIpc) is 2.68.